The van der Waals surface area contributed by atoms with Gasteiger partial charge in [0, 0.05) is 5.02 Å². The van der Waals surface area contributed by atoms with Gasteiger partial charge in [-0.15, -0.1) is 0 Å². The molecule has 0 aliphatic carbocycles. The van der Waals surface area contributed by atoms with Crippen LogP contribution in [0.2, 0.25) is 5.02 Å². The van der Waals surface area contributed by atoms with Crippen LogP contribution in [0.1, 0.15) is 19.4 Å². The second-order valence-corrected chi connectivity index (χ2v) is 3.76. The first-order chi connectivity index (χ1) is 8.06. The molecule has 0 aliphatic heterocycles. The van der Waals surface area contributed by atoms with E-state index in [-0.39, 0.29) is 18.0 Å². The molecule has 90 valence electrons. The fourth-order valence-electron chi connectivity index (χ4n) is 1.26. The van der Waals surface area contributed by atoms with E-state index >= 15 is 0 Å². The van der Waals surface area contributed by atoms with E-state index in [1.807, 2.05) is 0 Å². The molecule has 0 saturated heterocycles. The van der Waals surface area contributed by atoms with Crippen LogP contribution in [0.25, 0.3) is 6.08 Å². The molecule has 0 unspecified atom stereocenters. The number of carbonyl (C=O) groups is 2. The number of esters is 1. The number of ether oxygens (including phenoxy) is 1. The van der Waals surface area contributed by atoms with Crippen molar-refractivity contribution in [2.24, 2.45) is 0 Å². The molecule has 0 heterocycles. The lowest BCUT2D eigenvalue weighted by Gasteiger charge is -2.04. The Morgan fingerprint density at radius 1 is 1.35 bits per heavy atom. The predicted molar refractivity (Wildman–Crippen MR) is 66.7 cm³/mol. The van der Waals surface area contributed by atoms with Gasteiger partial charge in [0.2, 0.25) is 0 Å². The molecule has 1 aromatic rings. The van der Waals surface area contributed by atoms with Gasteiger partial charge in [0.25, 0.3) is 0 Å². The van der Waals surface area contributed by atoms with Crippen molar-refractivity contribution in [3.63, 3.8) is 0 Å². The highest BCUT2D eigenvalue weighted by Crippen LogP contribution is 2.19. The highest BCUT2D eigenvalue weighted by Gasteiger charge is 2.15. The SMILES string of the molecule is CCOC(=O)/C(=C\c1ccccc1Cl)C(C)=O. The summed E-state index contributed by atoms with van der Waals surface area (Å²) in [6.45, 7) is 3.23. The normalized spacial score (nSPS) is 11.1. The van der Waals surface area contributed by atoms with Crippen molar-refractivity contribution in [2.45, 2.75) is 13.8 Å². The maximum Gasteiger partial charge on any atom is 0.341 e. The minimum absolute atomic E-state index is 0.0000463. The van der Waals surface area contributed by atoms with Crippen molar-refractivity contribution in [3.8, 4) is 0 Å². The Morgan fingerprint density at radius 3 is 2.53 bits per heavy atom. The Labute approximate surface area is 105 Å². The summed E-state index contributed by atoms with van der Waals surface area (Å²) < 4.78 is 4.81. The van der Waals surface area contributed by atoms with Crippen LogP contribution in [0.3, 0.4) is 0 Å². The first kappa shape index (κ1) is 13.5. The van der Waals surface area contributed by atoms with Crippen LogP contribution in [0.4, 0.5) is 0 Å². The van der Waals surface area contributed by atoms with Crippen molar-refractivity contribution < 1.29 is 14.3 Å². The van der Waals surface area contributed by atoms with Gasteiger partial charge in [-0.3, -0.25) is 4.79 Å². The Morgan fingerprint density at radius 2 is 2.00 bits per heavy atom. The molecule has 17 heavy (non-hydrogen) atoms. The highest BCUT2D eigenvalue weighted by atomic mass is 35.5. The van der Waals surface area contributed by atoms with Gasteiger partial charge in [0.1, 0.15) is 5.57 Å². The number of carbonyl (C=O) groups excluding carboxylic acids is 2. The first-order valence-electron chi connectivity index (χ1n) is 5.20. The summed E-state index contributed by atoms with van der Waals surface area (Å²) in [6, 6.07) is 6.97. The van der Waals surface area contributed by atoms with Crippen LogP contribution in [0.15, 0.2) is 29.8 Å². The van der Waals surface area contributed by atoms with Gasteiger partial charge in [0.05, 0.1) is 6.61 Å². The Balaban J connectivity index is 3.11. The Kier molecular flexibility index (Phi) is 4.91. The van der Waals surface area contributed by atoms with E-state index < -0.39 is 5.97 Å². The Hall–Kier alpha value is -1.61. The monoisotopic (exact) mass is 252 g/mol. The second kappa shape index (κ2) is 6.21. The summed E-state index contributed by atoms with van der Waals surface area (Å²) in [4.78, 5) is 22.9. The van der Waals surface area contributed by atoms with Crippen LogP contribution in [-0.4, -0.2) is 18.4 Å². The molecule has 0 saturated carbocycles. The van der Waals surface area contributed by atoms with Gasteiger partial charge in [-0.05, 0) is 31.6 Å². The molecule has 3 nitrogen and oxygen atoms in total. The lowest BCUT2D eigenvalue weighted by atomic mass is 10.1. The van der Waals surface area contributed by atoms with E-state index in [0.29, 0.717) is 10.6 Å². The zero-order valence-corrected chi connectivity index (χ0v) is 10.5. The van der Waals surface area contributed by atoms with Gasteiger partial charge in [0.15, 0.2) is 5.78 Å². The van der Waals surface area contributed by atoms with Crippen LogP contribution in [-0.2, 0) is 14.3 Å². The predicted octanol–water partition coefficient (Wildman–Crippen LogP) is 2.88. The molecular formula is C13H13ClO3. The maximum atomic E-state index is 11.5. The molecule has 0 spiro atoms. The van der Waals surface area contributed by atoms with Crippen molar-refractivity contribution in [3.05, 3.63) is 40.4 Å². The number of benzene rings is 1. The van der Waals surface area contributed by atoms with Gasteiger partial charge in [-0.1, -0.05) is 29.8 Å². The molecule has 0 fully saturated rings. The molecule has 0 atom stereocenters. The summed E-state index contributed by atoms with van der Waals surface area (Å²) in [5.41, 5.74) is 0.618. The lowest BCUT2D eigenvalue weighted by Crippen LogP contribution is -2.13. The van der Waals surface area contributed by atoms with E-state index in [1.165, 1.54) is 13.0 Å². The lowest BCUT2D eigenvalue weighted by molar-refractivity contribution is -0.139. The standard InChI is InChI=1S/C13H13ClO3/c1-3-17-13(16)11(9(2)15)8-10-6-4-5-7-12(10)14/h4-8H,3H2,1-2H3/b11-8-. The molecule has 0 aliphatic rings. The average Bonchev–Trinajstić information content (AvgIpc) is 2.27. The number of ketones is 1. The number of Topliss-reactive ketones (excluding diaryl/α,β-unsaturated/α-hetero) is 1. The quantitative estimate of drug-likeness (QED) is 0.358. The number of rotatable bonds is 4. The summed E-state index contributed by atoms with van der Waals surface area (Å²) in [6.07, 6.45) is 1.45. The largest absolute Gasteiger partial charge is 0.462 e. The molecule has 0 N–H and O–H groups in total. The smallest absolute Gasteiger partial charge is 0.341 e. The number of halogens is 1. The fraction of sp³-hybridized carbons (Fsp3) is 0.231. The molecule has 1 rings (SSSR count). The van der Waals surface area contributed by atoms with Gasteiger partial charge in [-0.25, -0.2) is 4.79 Å². The van der Waals surface area contributed by atoms with Crippen LogP contribution >= 0.6 is 11.6 Å². The zero-order chi connectivity index (χ0) is 12.8. The molecule has 0 radical (unpaired) electrons. The number of hydrogen-bond acceptors (Lipinski definition) is 3. The van der Waals surface area contributed by atoms with Gasteiger partial charge < -0.3 is 4.74 Å². The van der Waals surface area contributed by atoms with Crippen molar-refractivity contribution >= 4 is 29.4 Å². The van der Waals surface area contributed by atoms with Crippen molar-refractivity contribution in [2.75, 3.05) is 6.61 Å². The van der Waals surface area contributed by atoms with E-state index in [9.17, 15) is 9.59 Å². The summed E-state index contributed by atoms with van der Waals surface area (Å²) >= 11 is 5.95. The summed E-state index contributed by atoms with van der Waals surface area (Å²) in [5.74, 6) is -0.969. The zero-order valence-electron chi connectivity index (χ0n) is 9.70. The molecule has 0 aromatic heterocycles. The third-order valence-corrected chi connectivity index (χ3v) is 2.42. The molecular weight excluding hydrogens is 240 g/mol. The van der Waals surface area contributed by atoms with Gasteiger partial charge >= 0.3 is 5.97 Å². The van der Waals surface area contributed by atoms with E-state index in [0.717, 1.165) is 0 Å². The minimum atomic E-state index is -0.625. The topological polar surface area (TPSA) is 43.4 Å². The molecule has 4 heteroatoms. The van der Waals surface area contributed by atoms with Crippen LogP contribution in [0.5, 0.6) is 0 Å². The van der Waals surface area contributed by atoms with Crippen molar-refractivity contribution in [1.82, 2.24) is 0 Å². The second-order valence-electron chi connectivity index (χ2n) is 3.36. The van der Waals surface area contributed by atoms with E-state index in [4.69, 9.17) is 16.3 Å². The third-order valence-electron chi connectivity index (χ3n) is 2.08. The minimum Gasteiger partial charge on any atom is -0.462 e. The van der Waals surface area contributed by atoms with Crippen LogP contribution < -0.4 is 0 Å². The Bertz CT molecular complexity index is 463. The summed E-state index contributed by atoms with van der Waals surface area (Å²) in [5, 5.41) is 0.482. The third kappa shape index (κ3) is 3.71. The molecule has 1 aromatic carbocycles. The molecule has 0 amide bonds. The van der Waals surface area contributed by atoms with E-state index in [2.05, 4.69) is 0 Å². The maximum absolute atomic E-state index is 11.5. The molecule has 0 bridgehead atoms. The van der Waals surface area contributed by atoms with Gasteiger partial charge in [-0.2, -0.15) is 0 Å². The van der Waals surface area contributed by atoms with E-state index in [1.54, 1.807) is 31.2 Å². The fourth-order valence-corrected chi connectivity index (χ4v) is 1.45. The van der Waals surface area contributed by atoms with Crippen molar-refractivity contribution in [1.29, 1.82) is 0 Å². The average molecular weight is 253 g/mol. The first-order valence-corrected chi connectivity index (χ1v) is 5.58. The highest BCUT2D eigenvalue weighted by molar-refractivity contribution is 6.32. The van der Waals surface area contributed by atoms with Crippen LogP contribution in [0, 0.1) is 0 Å². The summed E-state index contributed by atoms with van der Waals surface area (Å²) in [7, 11) is 0. The number of hydrogen-bond donors (Lipinski definition) is 0.